The number of unbranched alkanes of at least 4 members (excludes halogenated alkanes) is 48. The highest BCUT2D eigenvalue weighted by molar-refractivity contribution is 7.45. The Balaban J connectivity index is 4.06. The fourth-order valence-corrected chi connectivity index (χ4v) is 11.4. The molecule has 0 saturated heterocycles. The van der Waals surface area contributed by atoms with Crippen molar-refractivity contribution < 1.29 is 32.9 Å². The van der Waals surface area contributed by atoms with Crippen LogP contribution in [-0.2, 0) is 18.4 Å². The number of nitrogens with one attached hydrogen (secondary N) is 1. The Morgan fingerprint density at radius 3 is 1.05 bits per heavy atom. The average molecular weight is 1130 g/mol. The minimum absolute atomic E-state index is 0.000461. The number of aliphatic hydroxyl groups excluding tert-OH is 1. The Kier molecular flexibility index (Phi) is 60.3. The molecule has 0 aliphatic rings. The summed E-state index contributed by atoms with van der Waals surface area (Å²) in [5, 5.41) is 14.0. The van der Waals surface area contributed by atoms with Crippen molar-refractivity contribution in [2.45, 2.75) is 366 Å². The minimum atomic E-state index is -4.60. The van der Waals surface area contributed by atoms with Gasteiger partial charge in [0.2, 0.25) is 5.91 Å². The second-order valence-corrected chi connectivity index (χ2v) is 26.7. The first-order chi connectivity index (χ1) is 38.5. The lowest BCUT2D eigenvalue weighted by atomic mass is 10.0. The molecule has 0 aromatic heterocycles. The van der Waals surface area contributed by atoms with E-state index in [-0.39, 0.29) is 19.1 Å². The molecule has 0 radical (unpaired) electrons. The monoisotopic (exact) mass is 1130 g/mol. The number of quaternary nitrogens is 1. The average Bonchev–Trinajstić information content (AvgIpc) is 3.42. The number of phosphoric acid groups is 1. The summed E-state index contributed by atoms with van der Waals surface area (Å²) < 4.78 is 23.5. The number of likely N-dealkylation sites (N-methyl/N-ethyl adjacent to an activating group) is 1. The van der Waals surface area contributed by atoms with E-state index in [1.807, 2.05) is 27.2 Å². The van der Waals surface area contributed by atoms with Crippen LogP contribution < -0.4 is 10.2 Å². The maximum Gasteiger partial charge on any atom is 0.268 e. The SMILES string of the molecule is CCCCCCC/C=C\C/C=C\CCCCCCCCCCCCCCCCCC(=O)NC(COP(=O)([O-])OCC[N+](C)(C)C)C(O)/C=C/CCCCCCCCCCCCCCCCCCCCCCCCCCCCCC. The van der Waals surface area contributed by atoms with Crippen molar-refractivity contribution in [3.63, 3.8) is 0 Å². The van der Waals surface area contributed by atoms with E-state index in [1.54, 1.807) is 6.08 Å². The Hall–Kier alpha value is -1.28. The molecule has 0 aromatic carbocycles. The van der Waals surface area contributed by atoms with Gasteiger partial charge in [-0.15, -0.1) is 0 Å². The van der Waals surface area contributed by atoms with Gasteiger partial charge in [-0.25, -0.2) is 0 Å². The number of allylic oxidation sites excluding steroid dienone is 5. The Morgan fingerprint density at radius 1 is 0.443 bits per heavy atom. The van der Waals surface area contributed by atoms with Crippen molar-refractivity contribution >= 4 is 13.7 Å². The van der Waals surface area contributed by atoms with E-state index < -0.39 is 20.0 Å². The fraction of sp³-hybridized carbons (Fsp3) is 0.900. The molecule has 0 aliphatic heterocycles. The van der Waals surface area contributed by atoms with Crippen molar-refractivity contribution in [3.8, 4) is 0 Å². The van der Waals surface area contributed by atoms with Gasteiger partial charge in [-0.3, -0.25) is 9.36 Å². The summed E-state index contributed by atoms with van der Waals surface area (Å²) in [5.41, 5.74) is 0. The Labute approximate surface area is 493 Å². The van der Waals surface area contributed by atoms with Crippen LogP contribution in [0.4, 0.5) is 0 Å². The maximum atomic E-state index is 13.0. The number of carbonyl (C=O) groups excluding carboxylic acids is 1. The summed E-state index contributed by atoms with van der Waals surface area (Å²) in [6.07, 6.45) is 81.2. The molecule has 0 bridgehead atoms. The molecular formula is C70H137N2O6P. The molecule has 0 aliphatic carbocycles. The number of nitrogens with zero attached hydrogens (tertiary/aromatic N) is 1. The van der Waals surface area contributed by atoms with Crippen LogP contribution in [0.5, 0.6) is 0 Å². The molecule has 79 heavy (non-hydrogen) atoms. The van der Waals surface area contributed by atoms with Crippen LogP contribution in [-0.4, -0.2) is 68.5 Å². The summed E-state index contributed by atoms with van der Waals surface area (Å²) in [6.45, 7) is 4.69. The summed E-state index contributed by atoms with van der Waals surface area (Å²) in [5.74, 6) is -0.192. The van der Waals surface area contributed by atoms with Crippen LogP contribution in [0, 0.1) is 0 Å². The molecule has 0 heterocycles. The third kappa shape index (κ3) is 64.1. The molecule has 0 fully saturated rings. The van der Waals surface area contributed by atoms with Crippen LogP contribution in [0.2, 0.25) is 0 Å². The van der Waals surface area contributed by atoms with E-state index in [4.69, 9.17) is 9.05 Å². The number of aliphatic hydroxyl groups is 1. The van der Waals surface area contributed by atoms with Gasteiger partial charge < -0.3 is 28.8 Å². The van der Waals surface area contributed by atoms with Gasteiger partial charge in [0.15, 0.2) is 0 Å². The first-order valence-corrected chi connectivity index (χ1v) is 36.3. The zero-order chi connectivity index (χ0) is 57.7. The second kappa shape index (κ2) is 61.3. The van der Waals surface area contributed by atoms with Crippen molar-refractivity contribution in [2.75, 3.05) is 40.9 Å². The fourth-order valence-electron chi connectivity index (χ4n) is 10.7. The summed E-state index contributed by atoms with van der Waals surface area (Å²) in [4.78, 5) is 25.6. The lowest BCUT2D eigenvalue weighted by Crippen LogP contribution is -2.45. The Bertz CT molecular complexity index is 1380. The number of amides is 1. The highest BCUT2D eigenvalue weighted by Crippen LogP contribution is 2.38. The predicted octanol–water partition coefficient (Wildman–Crippen LogP) is 21.4. The van der Waals surface area contributed by atoms with E-state index in [1.165, 1.54) is 289 Å². The van der Waals surface area contributed by atoms with Crippen LogP contribution in [0.25, 0.3) is 0 Å². The van der Waals surface area contributed by atoms with Gasteiger partial charge in [0.05, 0.1) is 39.9 Å². The highest BCUT2D eigenvalue weighted by Gasteiger charge is 2.23. The largest absolute Gasteiger partial charge is 0.756 e. The zero-order valence-corrected chi connectivity index (χ0v) is 54.5. The molecule has 0 rings (SSSR count). The van der Waals surface area contributed by atoms with Crippen LogP contribution >= 0.6 is 7.82 Å². The van der Waals surface area contributed by atoms with Gasteiger partial charge in [-0.05, 0) is 51.4 Å². The molecule has 8 nitrogen and oxygen atoms in total. The second-order valence-electron chi connectivity index (χ2n) is 25.2. The lowest BCUT2D eigenvalue weighted by molar-refractivity contribution is -0.870. The van der Waals surface area contributed by atoms with E-state index in [0.717, 1.165) is 44.9 Å². The zero-order valence-electron chi connectivity index (χ0n) is 53.6. The normalized spacial score (nSPS) is 13.9. The molecular weight excluding hydrogens is 996 g/mol. The Morgan fingerprint density at radius 2 is 0.734 bits per heavy atom. The van der Waals surface area contributed by atoms with Gasteiger partial charge in [0.1, 0.15) is 13.2 Å². The minimum Gasteiger partial charge on any atom is -0.756 e. The van der Waals surface area contributed by atoms with Crippen molar-refractivity contribution in [1.29, 1.82) is 0 Å². The van der Waals surface area contributed by atoms with Gasteiger partial charge in [-0.1, -0.05) is 333 Å². The third-order valence-corrected chi connectivity index (χ3v) is 17.1. The number of rotatable bonds is 65. The standard InChI is InChI=1S/C70H137N2O6P/c1-6-8-10-12-14-16-18-20-22-24-26-28-30-32-34-35-36-38-39-41-43-45-47-49-51-53-55-57-59-61-63-69(73)68(67-78-79(75,76)77-66-65-72(3,4)5)71-70(74)64-62-60-58-56-54-52-50-48-46-44-42-40-37-33-31-29-27-25-23-21-19-17-15-13-11-9-7-2/h19,21,25,27,61,63,68-69,73H,6-18,20,22-24,26,28-60,62,64-67H2,1-5H3,(H-,71,74,75,76)/b21-19-,27-25-,63-61+. The third-order valence-electron chi connectivity index (χ3n) is 16.1. The van der Waals surface area contributed by atoms with Crippen LogP contribution in [0.1, 0.15) is 354 Å². The van der Waals surface area contributed by atoms with Crippen molar-refractivity contribution in [3.05, 3.63) is 36.5 Å². The molecule has 468 valence electrons. The van der Waals surface area contributed by atoms with Gasteiger partial charge in [-0.2, -0.15) is 0 Å². The molecule has 0 spiro atoms. The van der Waals surface area contributed by atoms with E-state index in [9.17, 15) is 19.4 Å². The molecule has 2 N–H and O–H groups in total. The molecule has 0 aromatic rings. The first kappa shape index (κ1) is 77.7. The summed E-state index contributed by atoms with van der Waals surface area (Å²) in [7, 11) is 1.28. The number of hydrogen-bond donors (Lipinski definition) is 2. The summed E-state index contributed by atoms with van der Waals surface area (Å²) >= 11 is 0. The van der Waals surface area contributed by atoms with Crippen LogP contribution in [0.15, 0.2) is 36.5 Å². The number of phosphoric ester groups is 1. The molecule has 3 atom stereocenters. The molecule has 3 unspecified atom stereocenters. The summed E-state index contributed by atoms with van der Waals surface area (Å²) in [6, 6.07) is -0.888. The van der Waals surface area contributed by atoms with Crippen molar-refractivity contribution in [2.24, 2.45) is 0 Å². The van der Waals surface area contributed by atoms with Crippen molar-refractivity contribution in [1.82, 2.24) is 5.32 Å². The van der Waals surface area contributed by atoms with Crippen LogP contribution in [0.3, 0.4) is 0 Å². The van der Waals surface area contributed by atoms with E-state index in [0.29, 0.717) is 17.4 Å². The van der Waals surface area contributed by atoms with Gasteiger partial charge in [0.25, 0.3) is 7.82 Å². The smallest absolute Gasteiger partial charge is 0.268 e. The maximum absolute atomic E-state index is 13.0. The highest BCUT2D eigenvalue weighted by atomic mass is 31.2. The molecule has 0 saturated carbocycles. The number of carbonyl (C=O) groups is 1. The lowest BCUT2D eigenvalue weighted by Gasteiger charge is -2.29. The topological polar surface area (TPSA) is 108 Å². The van der Waals surface area contributed by atoms with E-state index >= 15 is 0 Å². The predicted molar refractivity (Wildman–Crippen MR) is 344 cm³/mol. The molecule has 9 heteroatoms. The number of hydrogen-bond acceptors (Lipinski definition) is 6. The van der Waals surface area contributed by atoms with Gasteiger partial charge >= 0.3 is 0 Å². The van der Waals surface area contributed by atoms with E-state index in [2.05, 4.69) is 43.5 Å². The molecule has 1 amide bonds. The first-order valence-electron chi connectivity index (χ1n) is 34.9. The van der Waals surface area contributed by atoms with Gasteiger partial charge in [0, 0.05) is 6.42 Å². The quantitative estimate of drug-likeness (QED) is 0.0272.